The first-order valence-electron chi connectivity index (χ1n) is 10.1. The van der Waals surface area contributed by atoms with Crippen LogP contribution < -0.4 is 25.0 Å². The second kappa shape index (κ2) is 11.9. The fourth-order valence-electron chi connectivity index (χ4n) is 3.63. The normalized spacial score (nSPS) is 14.7. The van der Waals surface area contributed by atoms with Gasteiger partial charge in [0.05, 0.1) is 14.2 Å². The predicted molar refractivity (Wildman–Crippen MR) is 135 cm³/mol. The van der Waals surface area contributed by atoms with Crippen molar-refractivity contribution in [1.82, 2.24) is 10.6 Å². The van der Waals surface area contributed by atoms with E-state index in [0.29, 0.717) is 6.04 Å². The Morgan fingerprint density at radius 3 is 2.27 bits per heavy atom. The van der Waals surface area contributed by atoms with Crippen molar-refractivity contribution in [3.63, 3.8) is 0 Å². The summed E-state index contributed by atoms with van der Waals surface area (Å²) in [5.74, 6) is 2.50. The lowest BCUT2D eigenvalue weighted by Gasteiger charge is -2.34. The first-order valence-corrected chi connectivity index (χ1v) is 10.1. The summed E-state index contributed by atoms with van der Waals surface area (Å²) in [6.45, 7) is 4.86. The first kappa shape index (κ1) is 24.1. The Morgan fingerprint density at radius 2 is 1.70 bits per heavy atom. The van der Waals surface area contributed by atoms with Crippen LogP contribution in [0, 0.1) is 6.92 Å². The largest absolute Gasteiger partial charge is 0.497 e. The highest BCUT2D eigenvalue weighted by Crippen LogP contribution is 2.30. The highest BCUT2D eigenvalue weighted by molar-refractivity contribution is 14.0. The molecule has 164 valence electrons. The van der Waals surface area contributed by atoms with Crippen LogP contribution in [0.2, 0.25) is 0 Å². The molecule has 1 heterocycles. The second-order valence-corrected chi connectivity index (χ2v) is 7.33. The molecule has 3 rings (SSSR count). The summed E-state index contributed by atoms with van der Waals surface area (Å²) in [5, 5.41) is 7.01. The molecular formula is C23H33IN4O2. The van der Waals surface area contributed by atoms with Crippen LogP contribution in [0.3, 0.4) is 0 Å². The monoisotopic (exact) mass is 524 g/mol. The minimum atomic E-state index is 0. The lowest BCUT2D eigenvalue weighted by molar-refractivity contribution is 0.393. The van der Waals surface area contributed by atoms with Crippen LogP contribution in [-0.2, 0) is 6.54 Å². The highest BCUT2D eigenvalue weighted by Gasteiger charge is 2.21. The summed E-state index contributed by atoms with van der Waals surface area (Å²) in [6.07, 6.45) is 2.09. The third kappa shape index (κ3) is 6.42. The smallest absolute Gasteiger partial charge is 0.191 e. The molecule has 1 aliphatic rings. The summed E-state index contributed by atoms with van der Waals surface area (Å²) in [4.78, 5) is 6.78. The van der Waals surface area contributed by atoms with Crippen molar-refractivity contribution in [3.05, 3.63) is 53.6 Å². The van der Waals surface area contributed by atoms with Crippen LogP contribution in [0.4, 0.5) is 5.69 Å². The van der Waals surface area contributed by atoms with Crippen molar-refractivity contribution in [3.8, 4) is 11.5 Å². The number of hydrogen-bond acceptors (Lipinski definition) is 4. The number of anilines is 1. The SMILES string of the molecule is CN=C(NCc1ccccc1C)NC1CCN(c2cc(OC)cc(OC)c2)CC1.I. The number of halogens is 1. The van der Waals surface area contributed by atoms with Crippen molar-refractivity contribution in [2.75, 3.05) is 39.3 Å². The first-order chi connectivity index (χ1) is 14.1. The van der Waals surface area contributed by atoms with Crippen molar-refractivity contribution >= 4 is 35.6 Å². The second-order valence-electron chi connectivity index (χ2n) is 7.33. The minimum Gasteiger partial charge on any atom is -0.497 e. The van der Waals surface area contributed by atoms with E-state index in [9.17, 15) is 0 Å². The third-order valence-electron chi connectivity index (χ3n) is 5.47. The number of nitrogens with one attached hydrogen (secondary N) is 2. The molecule has 2 aromatic carbocycles. The van der Waals surface area contributed by atoms with Gasteiger partial charge >= 0.3 is 0 Å². The van der Waals surface area contributed by atoms with E-state index in [1.165, 1.54) is 11.1 Å². The Morgan fingerprint density at radius 1 is 1.07 bits per heavy atom. The number of guanidine groups is 1. The molecule has 0 bridgehead atoms. The molecule has 0 unspecified atom stereocenters. The fraction of sp³-hybridized carbons (Fsp3) is 0.435. The average Bonchev–Trinajstić information content (AvgIpc) is 2.77. The number of ether oxygens (including phenoxy) is 2. The summed E-state index contributed by atoms with van der Waals surface area (Å²) in [5.41, 5.74) is 3.72. The van der Waals surface area contributed by atoms with Gasteiger partial charge in [-0.25, -0.2) is 0 Å². The molecule has 1 saturated heterocycles. The van der Waals surface area contributed by atoms with Crippen molar-refractivity contribution in [2.24, 2.45) is 4.99 Å². The van der Waals surface area contributed by atoms with Crippen molar-refractivity contribution in [1.29, 1.82) is 0 Å². The average molecular weight is 524 g/mol. The summed E-state index contributed by atoms with van der Waals surface area (Å²) >= 11 is 0. The Hall–Kier alpha value is -2.16. The molecule has 30 heavy (non-hydrogen) atoms. The zero-order chi connectivity index (χ0) is 20.6. The molecule has 0 spiro atoms. The maximum Gasteiger partial charge on any atom is 0.191 e. The number of rotatable bonds is 6. The molecule has 7 heteroatoms. The zero-order valence-corrected chi connectivity index (χ0v) is 20.6. The van der Waals surface area contributed by atoms with Gasteiger partial charge in [0.25, 0.3) is 0 Å². The molecule has 0 radical (unpaired) electrons. The molecule has 2 aromatic rings. The standard InChI is InChI=1S/C23H32N4O2.HI/c1-17-7-5-6-8-18(17)16-25-23(24-2)26-19-9-11-27(12-10-19)20-13-21(28-3)15-22(14-20)29-4;/h5-8,13-15,19H,9-12,16H2,1-4H3,(H2,24,25,26);1H. The predicted octanol–water partition coefficient (Wildman–Crippen LogP) is 3.96. The number of nitrogens with zero attached hydrogens (tertiary/aromatic N) is 2. The van der Waals surface area contributed by atoms with E-state index in [4.69, 9.17) is 9.47 Å². The summed E-state index contributed by atoms with van der Waals surface area (Å²) in [7, 11) is 5.19. The van der Waals surface area contributed by atoms with Gasteiger partial charge in [0, 0.05) is 56.6 Å². The lowest BCUT2D eigenvalue weighted by Crippen LogP contribution is -2.48. The molecule has 1 fully saturated rings. The molecule has 1 aliphatic heterocycles. The van der Waals surface area contributed by atoms with Gasteiger partial charge in [0.2, 0.25) is 0 Å². The van der Waals surface area contributed by atoms with Crippen LogP contribution in [0.1, 0.15) is 24.0 Å². The van der Waals surface area contributed by atoms with Gasteiger partial charge in [0.1, 0.15) is 11.5 Å². The van der Waals surface area contributed by atoms with E-state index in [1.54, 1.807) is 14.2 Å². The van der Waals surface area contributed by atoms with Gasteiger partial charge in [-0.3, -0.25) is 4.99 Å². The molecule has 0 aliphatic carbocycles. The molecule has 6 nitrogen and oxygen atoms in total. The van der Waals surface area contributed by atoms with E-state index in [-0.39, 0.29) is 24.0 Å². The van der Waals surface area contributed by atoms with E-state index >= 15 is 0 Å². The highest BCUT2D eigenvalue weighted by atomic mass is 127. The molecule has 0 aromatic heterocycles. The van der Waals surface area contributed by atoms with Crippen molar-refractivity contribution in [2.45, 2.75) is 32.4 Å². The Bertz CT molecular complexity index is 813. The minimum absolute atomic E-state index is 0. The maximum atomic E-state index is 5.41. The number of hydrogen-bond donors (Lipinski definition) is 2. The maximum absolute atomic E-state index is 5.41. The number of aliphatic imine (C=N–C) groups is 1. The lowest BCUT2D eigenvalue weighted by atomic mass is 10.0. The number of benzene rings is 2. The van der Waals surface area contributed by atoms with Crippen LogP contribution in [0.5, 0.6) is 11.5 Å². The van der Waals surface area contributed by atoms with E-state index < -0.39 is 0 Å². The van der Waals surface area contributed by atoms with E-state index in [2.05, 4.69) is 63.8 Å². The summed E-state index contributed by atoms with van der Waals surface area (Å²) in [6, 6.07) is 14.9. The molecule has 0 saturated carbocycles. The van der Waals surface area contributed by atoms with Gasteiger partial charge in [-0.2, -0.15) is 0 Å². The molecule has 0 atom stereocenters. The van der Waals surface area contributed by atoms with Crippen LogP contribution in [0.25, 0.3) is 0 Å². The quantitative estimate of drug-likeness (QED) is 0.341. The Kier molecular flexibility index (Phi) is 9.55. The molecule has 0 amide bonds. The third-order valence-corrected chi connectivity index (χ3v) is 5.47. The van der Waals surface area contributed by atoms with Gasteiger partial charge in [0.15, 0.2) is 5.96 Å². The van der Waals surface area contributed by atoms with Crippen molar-refractivity contribution < 1.29 is 9.47 Å². The number of aryl methyl sites for hydroxylation is 1. The molecule has 2 N–H and O–H groups in total. The van der Waals surface area contributed by atoms with Crippen LogP contribution in [-0.4, -0.2) is 46.4 Å². The van der Waals surface area contributed by atoms with Crippen LogP contribution >= 0.6 is 24.0 Å². The molecular weight excluding hydrogens is 491 g/mol. The van der Waals surface area contributed by atoms with E-state index in [1.807, 2.05) is 13.1 Å². The number of piperidine rings is 1. The van der Waals surface area contributed by atoms with Gasteiger partial charge in [-0.1, -0.05) is 24.3 Å². The van der Waals surface area contributed by atoms with Gasteiger partial charge in [-0.05, 0) is 30.9 Å². The van der Waals surface area contributed by atoms with Gasteiger partial charge < -0.3 is 25.0 Å². The number of methoxy groups -OCH3 is 2. The topological polar surface area (TPSA) is 58.1 Å². The Balaban J connectivity index is 0.00000320. The van der Waals surface area contributed by atoms with Crippen LogP contribution in [0.15, 0.2) is 47.5 Å². The fourth-order valence-corrected chi connectivity index (χ4v) is 3.63. The van der Waals surface area contributed by atoms with E-state index in [0.717, 1.165) is 55.6 Å². The summed E-state index contributed by atoms with van der Waals surface area (Å²) < 4.78 is 10.8. The zero-order valence-electron chi connectivity index (χ0n) is 18.3. The Labute approximate surface area is 197 Å². The van der Waals surface area contributed by atoms with Gasteiger partial charge in [-0.15, -0.1) is 24.0 Å².